The summed E-state index contributed by atoms with van der Waals surface area (Å²) in [4.78, 5) is 16.2. The van der Waals surface area contributed by atoms with E-state index in [-0.39, 0.29) is 0 Å². The van der Waals surface area contributed by atoms with E-state index in [1.54, 1.807) is 0 Å². The lowest BCUT2D eigenvalue weighted by atomic mass is 10.2. The SMILES string of the molecule is Cc1cc(N(C)C)n2nc(CN3CCN(CC(C)C)CC3)nc2n1. The largest absolute Gasteiger partial charge is 0.363 e. The highest BCUT2D eigenvalue weighted by Crippen LogP contribution is 2.15. The summed E-state index contributed by atoms with van der Waals surface area (Å²) in [7, 11) is 4.03. The molecule has 0 unspecified atom stereocenters. The van der Waals surface area contributed by atoms with Crippen molar-refractivity contribution in [3.63, 3.8) is 0 Å². The first kappa shape index (κ1) is 17.1. The summed E-state index contributed by atoms with van der Waals surface area (Å²) in [6, 6.07) is 2.04. The quantitative estimate of drug-likeness (QED) is 0.822. The van der Waals surface area contributed by atoms with Gasteiger partial charge in [0.15, 0.2) is 5.82 Å². The molecule has 132 valence electrons. The lowest BCUT2D eigenvalue weighted by Crippen LogP contribution is -2.47. The Labute approximate surface area is 144 Å². The fourth-order valence-corrected chi connectivity index (χ4v) is 3.24. The predicted molar refractivity (Wildman–Crippen MR) is 96.4 cm³/mol. The Morgan fingerprint density at radius 2 is 1.75 bits per heavy atom. The fourth-order valence-electron chi connectivity index (χ4n) is 3.24. The molecule has 1 aliphatic rings. The van der Waals surface area contributed by atoms with Gasteiger partial charge in [-0.3, -0.25) is 4.90 Å². The zero-order valence-corrected chi connectivity index (χ0v) is 15.5. The summed E-state index contributed by atoms with van der Waals surface area (Å²) in [6.07, 6.45) is 0. The van der Waals surface area contributed by atoms with Crippen LogP contribution in [0.3, 0.4) is 0 Å². The first-order chi connectivity index (χ1) is 11.4. The van der Waals surface area contributed by atoms with Crippen LogP contribution in [0.25, 0.3) is 5.78 Å². The summed E-state index contributed by atoms with van der Waals surface area (Å²) < 4.78 is 1.84. The van der Waals surface area contributed by atoms with Crippen LogP contribution in [0.15, 0.2) is 6.07 Å². The maximum absolute atomic E-state index is 4.68. The van der Waals surface area contributed by atoms with Gasteiger partial charge < -0.3 is 9.80 Å². The minimum Gasteiger partial charge on any atom is -0.363 e. The zero-order valence-electron chi connectivity index (χ0n) is 15.5. The van der Waals surface area contributed by atoms with Crippen LogP contribution in [0, 0.1) is 12.8 Å². The van der Waals surface area contributed by atoms with Crippen molar-refractivity contribution in [1.82, 2.24) is 29.4 Å². The number of hydrogen-bond donors (Lipinski definition) is 0. The summed E-state index contributed by atoms with van der Waals surface area (Å²) in [5.74, 6) is 3.29. The highest BCUT2D eigenvalue weighted by Gasteiger charge is 2.19. The van der Waals surface area contributed by atoms with Crippen molar-refractivity contribution < 1.29 is 0 Å². The number of fused-ring (bicyclic) bond motifs is 1. The second kappa shape index (κ2) is 7.03. The lowest BCUT2D eigenvalue weighted by molar-refractivity contribution is 0.115. The number of aromatic nitrogens is 4. The monoisotopic (exact) mass is 331 g/mol. The molecule has 3 rings (SSSR count). The van der Waals surface area contributed by atoms with Crippen molar-refractivity contribution >= 4 is 11.6 Å². The van der Waals surface area contributed by atoms with Gasteiger partial charge in [-0.2, -0.15) is 9.50 Å². The number of anilines is 1. The van der Waals surface area contributed by atoms with Crippen molar-refractivity contribution in [1.29, 1.82) is 0 Å². The number of rotatable bonds is 5. The molecule has 3 heterocycles. The van der Waals surface area contributed by atoms with Gasteiger partial charge in [0.1, 0.15) is 5.82 Å². The summed E-state index contributed by atoms with van der Waals surface area (Å²) in [5.41, 5.74) is 0.965. The van der Waals surface area contributed by atoms with Crippen molar-refractivity contribution in [2.24, 2.45) is 5.92 Å². The molecule has 1 fully saturated rings. The molecule has 2 aromatic heterocycles. The molecule has 0 spiro atoms. The van der Waals surface area contributed by atoms with Crippen LogP contribution in [0.5, 0.6) is 0 Å². The van der Waals surface area contributed by atoms with Crippen LogP contribution in [-0.2, 0) is 6.54 Å². The lowest BCUT2D eigenvalue weighted by Gasteiger charge is -2.34. The van der Waals surface area contributed by atoms with E-state index in [2.05, 4.69) is 38.7 Å². The van der Waals surface area contributed by atoms with Crippen molar-refractivity contribution in [2.75, 3.05) is 51.7 Å². The third kappa shape index (κ3) is 3.84. The molecule has 1 aliphatic heterocycles. The molecule has 0 radical (unpaired) electrons. The molecule has 0 amide bonds. The smallest absolute Gasteiger partial charge is 0.254 e. The van der Waals surface area contributed by atoms with Crippen molar-refractivity contribution in [2.45, 2.75) is 27.3 Å². The molecule has 24 heavy (non-hydrogen) atoms. The number of nitrogens with zero attached hydrogens (tertiary/aromatic N) is 7. The highest BCUT2D eigenvalue weighted by atomic mass is 15.4. The van der Waals surface area contributed by atoms with E-state index >= 15 is 0 Å². The third-order valence-electron chi connectivity index (χ3n) is 4.38. The first-order valence-corrected chi connectivity index (χ1v) is 8.77. The maximum Gasteiger partial charge on any atom is 0.254 e. The van der Waals surface area contributed by atoms with Gasteiger partial charge in [-0.1, -0.05) is 13.8 Å². The van der Waals surface area contributed by atoms with E-state index in [0.717, 1.165) is 56.0 Å². The van der Waals surface area contributed by atoms with Gasteiger partial charge in [-0.25, -0.2) is 4.98 Å². The van der Waals surface area contributed by atoms with Crippen molar-refractivity contribution in [3.8, 4) is 0 Å². The van der Waals surface area contributed by atoms with Gasteiger partial charge in [0.2, 0.25) is 0 Å². The normalized spacial score (nSPS) is 17.1. The Kier molecular flexibility index (Phi) is 5.01. The minimum absolute atomic E-state index is 0.687. The van der Waals surface area contributed by atoms with Gasteiger partial charge in [-0.15, -0.1) is 5.10 Å². The topological polar surface area (TPSA) is 52.8 Å². The molecular weight excluding hydrogens is 302 g/mol. The molecule has 2 aromatic rings. The van der Waals surface area contributed by atoms with Crippen LogP contribution in [-0.4, -0.2) is 76.2 Å². The van der Waals surface area contributed by atoms with E-state index in [9.17, 15) is 0 Å². The van der Waals surface area contributed by atoms with Gasteiger partial charge in [0.25, 0.3) is 5.78 Å². The Morgan fingerprint density at radius 1 is 1.08 bits per heavy atom. The van der Waals surface area contributed by atoms with Crippen LogP contribution in [0.2, 0.25) is 0 Å². The fraction of sp³-hybridized carbons (Fsp3) is 0.706. The number of piperazine rings is 1. The Balaban J connectivity index is 1.69. The summed E-state index contributed by atoms with van der Waals surface area (Å²) >= 11 is 0. The maximum atomic E-state index is 4.68. The van der Waals surface area contributed by atoms with E-state index in [4.69, 9.17) is 0 Å². The van der Waals surface area contributed by atoms with Gasteiger partial charge in [0, 0.05) is 58.6 Å². The summed E-state index contributed by atoms with van der Waals surface area (Å²) in [5, 5.41) is 4.68. The Bertz CT molecular complexity index is 684. The number of hydrogen-bond acceptors (Lipinski definition) is 6. The second-order valence-electron chi connectivity index (χ2n) is 7.36. The Hall–Kier alpha value is -1.73. The third-order valence-corrected chi connectivity index (χ3v) is 4.38. The van der Waals surface area contributed by atoms with E-state index in [1.807, 2.05) is 36.5 Å². The van der Waals surface area contributed by atoms with Gasteiger partial charge >= 0.3 is 0 Å². The van der Waals surface area contributed by atoms with Crippen LogP contribution >= 0.6 is 0 Å². The molecule has 1 saturated heterocycles. The van der Waals surface area contributed by atoms with E-state index in [0.29, 0.717) is 5.78 Å². The zero-order chi connectivity index (χ0) is 17.3. The second-order valence-corrected chi connectivity index (χ2v) is 7.36. The molecule has 0 bridgehead atoms. The Morgan fingerprint density at radius 3 is 2.38 bits per heavy atom. The average Bonchev–Trinajstić information content (AvgIpc) is 2.89. The van der Waals surface area contributed by atoms with Gasteiger partial charge in [-0.05, 0) is 12.8 Å². The predicted octanol–water partition coefficient (Wildman–Crippen LogP) is 1.27. The molecule has 0 N–H and O–H groups in total. The highest BCUT2D eigenvalue weighted by molar-refractivity contribution is 5.46. The van der Waals surface area contributed by atoms with Crippen molar-refractivity contribution in [3.05, 3.63) is 17.6 Å². The van der Waals surface area contributed by atoms with E-state index in [1.165, 1.54) is 6.54 Å². The standard InChI is InChI=1S/C17H29N7/c1-13(2)11-22-6-8-23(9-7-22)12-15-19-17-18-14(3)10-16(21(4)5)24(17)20-15/h10,13H,6-9,11-12H2,1-5H3. The molecule has 7 heteroatoms. The molecule has 0 atom stereocenters. The minimum atomic E-state index is 0.687. The molecule has 0 aliphatic carbocycles. The molecule has 0 aromatic carbocycles. The van der Waals surface area contributed by atoms with Crippen LogP contribution in [0.1, 0.15) is 25.4 Å². The molecule has 7 nitrogen and oxygen atoms in total. The van der Waals surface area contributed by atoms with E-state index < -0.39 is 0 Å². The molecular formula is C17H29N7. The van der Waals surface area contributed by atoms with Crippen LogP contribution < -0.4 is 4.90 Å². The average molecular weight is 331 g/mol. The van der Waals surface area contributed by atoms with Crippen LogP contribution in [0.4, 0.5) is 5.82 Å². The molecule has 0 saturated carbocycles. The summed E-state index contributed by atoms with van der Waals surface area (Å²) in [6.45, 7) is 13.0. The van der Waals surface area contributed by atoms with Gasteiger partial charge in [0.05, 0.1) is 6.54 Å². The number of aryl methyl sites for hydroxylation is 1. The first-order valence-electron chi connectivity index (χ1n) is 8.77.